The molecule has 1 saturated carbocycles. The molecule has 26 heavy (non-hydrogen) atoms. The lowest BCUT2D eigenvalue weighted by Crippen LogP contribution is -2.47. The van der Waals surface area contributed by atoms with Crippen molar-refractivity contribution in [3.8, 4) is 0 Å². The Morgan fingerprint density at radius 1 is 1.31 bits per heavy atom. The summed E-state index contributed by atoms with van der Waals surface area (Å²) in [4.78, 5) is 18.6. The summed E-state index contributed by atoms with van der Waals surface area (Å²) in [5.74, 6) is 0.804. The number of halogens is 1. The van der Waals surface area contributed by atoms with E-state index in [1.807, 2.05) is 53.9 Å². The molecule has 1 amide bonds. The molecule has 2 atom stereocenters. The SMILES string of the molecule is CCN(Cc1ccccc1)C(=O)CNC(=NC)NC1CCC(SC)C1.I. The number of thioether (sulfide) groups is 1. The second kappa shape index (κ2) is 12.4. The molecule has 0 radical (unpaired) electrons. The van der Waals surface area contributed by atoms with Gasteiger partial charge in [-0.3, -0.25) is 9.79 Å². The Balaban J connectivity index is 0.00000338. The van der Waals surface area contributed by atoms with Gasteiger partial charge in [-0.2, -0.15) is 11.8 Å². The van der Waals surface area contributed by atoms with Crippen LogP contribution in [-0.4, -0.2) is 54.5 Å². The number of rotatable bonds is 7. The van der Waals surface area contributed by atoms with E-state index in [9.17, 15) is 4.79 Å². The van der Waals surface area contributed by atoms with Crippen LogP contribution in [0.3, 0.4) is 0 Å². The van der Waals surface area contributed by atoms with Crippen LogP contribution in [0.1, 0.15) is 31.7 Å². The van der Waals surface area contributed by atoms with E-state index in [0.29, 0.717) is 19.1 Å². The molecule has 1 aliphatic carbocycles. The summed E-state index contributed by atoms with van der Waals surface area (Å²) in [5, 5.41) is 7.35. The third kappa shape index (κ3) is 7.34. The van der Waals surface area contributed by atoms with Gasteiger partial charge in [0.2, 0.25) is 5.91 Å². The zero-order valence-corrected chi connectivity index (χ0v) is 19.1. The van der Waals surface area contributed by atoms with Crippen molar-refractivity contribution in [1.82, 2.24) is 15.5 Å². The van der Waals surface area contributed by atoms with E-state index in [-0.39, 0.29) is 36.4 Å². The Bertz CT molecular complexity index is 570. The third-order valence-corrected chi connectivity index (χ3v) is 5.73. The van der Waals surface area contributed by atoms with Gasteiger partial charge in [-0.15, -0.1) is 24.0 Å². The van der Waals surface area contributed by atoms with Crippen molar-refractivity contribution in [2.45, 2.75) is 44.0 Å². The quantitative estimate of drug-likeness (QED) is 0.351. The molecule has 0 spiro atoms. The zero-order valence-electron chi connectivity index (χ0n) is 15.9. The lowest BCUT2D eigenvalue weighted by molar-refractivity contribution is -0.130. The average Bonchev–Trinajstić information content (AvgIpc) is 3.11. The van der Waals surface area contributed by atoms with Crippen molar-refractivity contribution in [3.05, 3.63) is 35.9 Å². The summed E-state index contributed by atoms with van der Waals surface area (Å²) < 4.78 is 0. The molecule has 1 fully saturated rings. The third-order valence-electron chi connectivity index (χ3n) is 4.64. The molecule has 2 rings (SSSR count). The Kier molecular flexibility index (Phi) is 11.0. The maximum absolute atomic E-state index is 12.5. The monoisotopic (exact) mass is 490 g/mol. The number of likely N-dealkylation sites (N-methyl/N-ethyl adjacent to an activating group) is 1. The minimum atomic E-state index is 0. The van der Waals surface area contributed by atoms with Gasteiger partial charge in [0, 0.05) is 31.4 Å². The molecule has 146 valence electrons. The summed E-state index contributed by atoms with van der Waals surface area (Å²) in [6.07, 6.45) is 5.74. The molecule has 7 heteroatoms. The largest absolute Gasteiger partial charge is 0.354 e. The lowest BCUT2D eigenvalue weighted by atomic mass is 10.2. The van der Waals surface area contributed by atoms with Crippen molar-refractivity contribution < 1.29 is 4.79 Å². The smallest absolute Gasteiger partial charge is 0.242 e. The van der Waals surface area contributed by atoms with Crippen LogP contribution in [0.5, 0.6) is 0 Å². The van der Waals surface area contributed by atoms with Crippen molar-refractivity contribution in [2.24, 2.45) is 4.99 Å². The van der Waals surface area contributed by atoms with Gasteiger partial charge in [-0.05, 0) is 38.0 Å². The highest BCUT2D eigenvalue weighted by molar-refractivity contribution is 14.0. The molecule has 2 N–H and O–H groups in total. The van der Waals surface area contributed by atoms with Crippen molar-refractivity contribution >= 4 is 47.6 Å². The summed E-state index contributed by atoms with van der Waals surface area (Å²) in [6, 6.07) is 10.5. The Labute approximate surface area is 178 Å². The highest BCUT2D eigenvalue weighted by Crippen LogP contribution is 2.27. The van der Waals surface area contributed by atoms with E-state index in [0.717, 1.165) is 29.6 Å². The van der Waals surface area contributed by atoms with E-state index in [4.69, 9.17) is 0 Å². The first kappa shape index (κ1) is 23.1. The molecule has 1 aromatic rings. The maximum atomic E-state index is 12.5. The van der Waals surface area contributed by atoms with Gasteiger partial charge in [-0.25, -0.2) is 0 Å². The van der Waals surface area contributed by atoms with E-state index >= 15 is 0 Å². The second-order valence-corrected chi connectivity index (χ2v) is 7.47. The molecule has 0 bridgehead atoms. The van der Waals surface area contributed by atoms with E-state index in [2.05, 4.69) is 21.9 Å². The number of carbonyl (C=O) groups excluding carboxylic acids is 1. The van der Waals surface area contributed by atoms with E-state index in [1.54, 1.807) is 7.05 Å². The van der Waals surface area contributed by atoms with Gasteiger partial charge >= 0.3 is 0 Å². The van der Waals surface area contributed by atoms with Crippen LogP contribution in [0.15, 0.2) is 35.3 Å². The normalized spacial score (nSPS) is 19.6. The van der Waals surface area contributed by atoms with E-state index in [1.165, 1.54) is 6.42 Å². The predicted molar refractivity (Wildman–Crippen MR) is 122 cm³/mol. The summed E-state index contributed by atoms with van der Waals surface area (Å²) in [6.45, 7) is 3.61. The molecular weight excluding hydrogens is 459 g/mol. The van der Waals surface area contributed by atoms with Crippen LogP contribution < -0.4 is 10.6 Å². The Hall–Kier alpha value is -0.960. The molecule has 1 aromatic carbocycles. The highest BCUT2D eigenvalue weighted by Gasteiger charge is 2.24. The number of carbonyl (C=O) groups is 1. The lowest BCUT2D eigenvalue weighted by Gasteiger charge is -2.23. The van der Waals surface area contributed by atoms with Crippen LogP contribution in [0.2, 0.25) is 0 Å². The molecular formula is C19H31IN4OS. The van der Waals surface area contributed by atoms with Gasteiger partial charge < -0.3 is 15.5 Å². The van der Waals surface area contributed by atoms with Crippen LogP contribution in [0, 0.1) is 0 Å². The van der Waals surface area contributed by atoms with E-state index < -0.39 is 0 Å². The minimum absolute atomic E-state index is 0. The molecule has 5 nitrogen and oxygen atoms in total. The standard InChI is InChI=1S/C19H30N4OS.HI/c1-4-23(14-15-8-6-5-7-9-15)18(24)13-21-19(20-2)22-16-10-11-17(12-16)25-3;/h5-9,16-17H,4,10-14H2,1-3H3,(H2,20,21,22);1H. The number of hydrogen-bond donors (Lipinski definition) is 2. The molecule has 0 saturated heterocycles. The predicted octanol–water partition coefficient (Wildman–Crippen LogP) is 3.10. The summed E-state index contributed by atoms with van der Waals surface area (Å²) in [7, 11) is 1.75. The molecule has 0 aliphatic heterocycles. The fraction of sp³-hybridized carbons (Fsp3) is 0.579. The molecule has 0 aromatic heterocycles. The van der Waals surface area contributed by atoms with Gasteiger partial charge in [0.1, 0.15) is 0 Å². The van der Waals surface area contributed by atoms with Crippen molar-refractivity contribution in [2.75, 3.05) is 26.4 Å². The van der Waals surface area contributed by atoms with Crippen LogP contribution in [0.4, 0.5) is 0 Å². The number of nitrogens with zero attached hydrogens (tertiary/aromatic N) is 2. The second-order valence-electron chi connectivity index (χ2n) is 6.33. The van der Waals surface area contributed by atoms with Crippen LogP contribution in [0.25, 0.3) is 0 Å². The Morgan fingerprint density at radius 3 is 2.62 bits per heavy atom. The maximum Gasteiger partial charge on any atom is 0.242 e. The van der Waals surface area contributed by atoms with Gasteiger partial charge in [0.05, 0.1) is 6.54 Å². The average molecular weight is 490 g/mol. The van der Waals surface area contributed by atoms with Crippen LogP contribution >= 0.6 is 35.7 Å². The number of amides is 1. The van der Waals surface area contributed by atoms with Gasteiger partial charge in [0.15, 0.2) is 5.96 Å². The van der Waals surface area contributed by atoms with Crippen LogP contribution in [-0.2, 0) is 11.3 Å². The molecule has 1 aliphatic rings. The number of nitrogens with one attached hydrogen (secondary N) is 2. The Morgan fingerprint density at radius 2 is 2.04 bits per heavy atom. The van der Waals surface area contributed by atoms with Gasteiger partial charge in [0.25, 0.3) is 0 Å². The fourth-order valence-electron chi connectivity index (χ4n) is 3.12. The first-order chi connectivity index (χ1) is 12.2. The summed E-state index contributed by atoms with van der Waals surface area (Å²) >= 11 is 1.94. The number of guanidine groups is 1. The van der Waals surface area contributed by atoms with Gasteiger partial charge in [-0.1, -0.05) is 30.3 Å². The fourth-order valence-corrected chi connectivity index (χ4v) is 3.92. The summed E-state index contributed by atoms with van der Waals surface area (Å²) in [5.41, 5.74) is 1.15. The number of hydrogen-bond acceptors (Lipinski definition) is 3. The first-order valence-electron chi connectivity index (χ1n) is 8.98. The topological polar surface area (TPSA) is 56.7 Å². The van der Waals surface area contributed by atoms with Crippen molar-refractivity contribution in [3.63, 3.8) is 0 Å². The molecule has 2 unspecified atom stereocenters. The first-order valence-corrected chi connectivity index (χ1v) is 10.3. The van der Waals surface area contributed by atoms with Crippen molar-refractivity contribution in [1.29, 1.82) is 0 Å². The zero-order chi connectivity index (χ0) is 18.1. The number of aliphatic imine (C=N–C) groups is 1. The molecule has 0 heterocycles. The number of benzene rings is 1. The highest BCUT2D eigenvalue weighted by atomic mass is 127. The minimum Gasteiger partial charge on any atom is -0.354 e.